The number of carboxylic acids is 1. The van der Waals surface area contributed by atoms with Crippen molar-refractivity contribution >= 4 is 5.97 Å². The number of nitrogens with one attached hydrogen (secondary N) is 1. The highest BCUT2D eigenvalue weighted by Gasteiger charge is 2.20. The van der Waals surface area contributed by atoms with Crippen LogP contribution in [0.15, 0.2) is 12.3 Å². The molecule has 0 aromatic heterocycles. The summed E-state index contributed by atoms with van der Waals surface area (Å²) < 4.78 is 5.23. The molecule has 1 rings (SSSR count). The highest BCUT2D eigenvalue weighted by molar-refractivity contribution is 5.79. The normalized spacial score (nSPS) is 24.8. The van der Waals surface area contributed by atoms with Gasteiger partial charge in [-0.25, -0.2) is 4.79 Å². The Labute approximate surface area is 77.6 Å². The van der Waals surface area contributed by atoms with E-state index >= 15 is 0 Å². The molecule has 1 aliphatic rings. The number of carboxylic acid groups (broad SMARTS) is 1. The number of hydrogen-bond donors (Lipinski definition) is 2. The van der Waals surface area contributed by atoms with Crippen molar-refractivity contribution in [3.8, 4) is 0 Å². The van der Waals surface area contributed by atoms with Crippen LogP contribution in [0.2, 0.25) is 0 Å². The zero-order chi connectivity index (χ0) is 9.68. The first-order valence-corrected chi connectivity index (χ1v) is 4.43. The van der Waals surface area contributed by atoms with E-state index in [4.69, 9.17) is 9.84 Å². The molecule has 0 aromatic rings. The molecule has 0 saturated carbocycles. The molecule has 13 heavy (non-hydrogen) atoms. The van der Waals surface area contributed by atoms with E-state index in [2.05, 4.69) is 5.32 Å². The first-order chi connectivity index (χ1) is 6.20. The average molecular weight is 185 g/mol. The molecule has 1 fully saturated rings. The molecule has 4 nitrogen and oxygen atoms in total. The molecule has 2 atom stereocenters. The SMILES string of the molecule is CC(N/C=C/C(=O)O)C1CCOC1. The standard InChI is InChI=1S/C9H15NO3/c1-7(8-3-5-13-6-8)10-4-2-9(11)12/h2,4,7-8,10H,3,5-6H2,1H3,(H,11,12)/b4-2+. The summed E-state index contributed by atoms with van der Waals surface area (Å²) in [5, 5.41) is 11.4. The number of carbonyl (C=O) groups is 1. The van der Waals surface area contributed by atoms with Gasteiger partial charge in [0.25, 0.3) is 0 Å². The maximum atomic E-state index is 10.2. The molecule has 0 amide bonds. The monoisotopic (exact) mass is 185 g/mol. The Morgan fingerprint density at radius 2 is 2.54 bits per heavy atom. The molecule has 74 valence electrons. The Balaban J connectivity index is 2.23. The van der Waals surface area contributed by atoms with Crippen LogP contribution in [-0.2, 0) is 9.53 Å². The van der Waals surface area contributed by atoms with E-state index in [1.54, 1.807) is 0 Å². The van der Waals surface area contributed by atoms with Gasteiger partial charge in [-0.2, -0.15) is 0 Å². The molecule has 1 saturated heterocycles. The minimum atomic E-state index is -0.928. The lowest BCUT2D eigenvalue weighted by molar-refractivity contribution is -0.131. The third-order valence-corrected chi connectivity index (χ3v) is 2.26. The second kappa shape index (κ2) is 4.87. The highest BCUT2D eigenvalue weighted by atomic mass is 16.5. The van der Waals surface area contributed by atoms with Crippen molar-refractivity contribution in [1.29, 1.82) is 0 Å². The quantitative estimate of drug-likeness (QED) is 0.630. The van der Waals surface area contributed by atoms with Gasteiger partial charge in [-0.3, -0.25) is 0 Å². The molecule has 0 radical (unpaired) electrons. The largest absolute Gasteiger partial charge is 0.478 e. The van der Waals surface area contributed by atoms with Crippen LogP contribution >= 0.6 is 0 Å². The van der Waals surface area contributed by atoms with E-state index in [1.807, 2.05) is 6.92 Å². The Morgan fingerprint density at radius 3 is 3.08 bits per heavy atom. The second-order valence-electron chi connectivity index (χ2n) is 3.25. The minimum absolute atomic E-state index is 0.276. The van der Waals surface area contributed by atoms with Crippen molar-refractivity contribution in [3.05, 3.63) is 12.3 Å². The summed E-state index contributed by atoms with van der Waals surface area (Å²) in [5.74, 6) is -0.430. The van der Waals surface area contributed by atoms with Crippen LogP contribution in [0.4, 0.5) is 0 Å². The van der Waals surface area contributed by atoms with Crippen molar-refractivity contribution in [2.24, 2.45) is 5.92 Å². The zero-order valence-corrected chi connectivity index (χ0v) is 7.69. The number of ether oxygens (including phenoxy) is 1. The van der Waals surface area contributed by atoms with Gasteiger partial charge in [0.1, 0.15) is 0 Å². The number of aliphatic carboxylic acids is 1. The van der Waals surface area contributed by atoms with Gasteiger partial charge in [-0.1, -0.05) is 0 Å². The van der Waals surface area contributed by atoms with Crippen LogP contribution in [0.25, 0.3) is 0 Å². The van der Waals surface area contributed by atoms with Crippen LogP contribution < -0.4 is 5.32 Å². The van der Waals surface area contributed by atoms with Crippen molar-refractivity contribution < 1.29 is 14.6 Å². The molecule has 1 heterocycles. The lowest BCUT2D eigenvalue weighted by Gasteiger charge is -2.17. The van der Waals surface area contributed by atoms with Crippen LogP contribution in [0.1, 0.15) is 13.3 Å². The Bertz CT molecular complexity index is 197. The molecule has 0 spiro atoms. The van der Waals surface area contributed by atoms with Gasteiger partial charge in [0.05, 0.1) is 6.61 Å². The minimum Gasteiger partial charge on any atom is -0.478 e. The fourth-order valence-corrected chi connectivity index (χ4v) is 1.35. The number of rotatable bonds is 4. The van der Waals surface area contributed by atoms with Gasteiger partial charge in [-0.15, -0.1) is 0 Å². The predicted molar refractivity (Wildman–Crippen MR) is 48.3 cm³/mol. The second-order valence-corrected chi connectivity index (χ2v) is 3.25. The van der Waals surface area contributed by atoms with Crippen molar-refractivity contribution in [2.75, 3.05) is 13.2 Å². The lowest BCUT2D eigenvalue weighted by Crippen LogP contribution is -2.30. The number of hydrogen-bond acceptors (Lipinski definition) is 3. The summed E-state index contributed by atoms with van der Waals surface area (Å²) in [6, 6.07) is 0.276. The first kappa shape index (κ1) is 10.1. The summed E-state index contributed by atoms with van der Waals surface area (Å²) in [6.45, 7) is 3.62. The topological polar surface area (TPSA) is 58.6 Å². The van der Waals surface area contributed by atoms with Crippen molar-refractivity contribution in [1.82, 2.24) is 5.32 Å². The van der Waals surface area contributed by atoms with E-state index in [-0.39, 0.29) is 6.04 Å². The van der Waals surface area contributed by atoms with Crippen LogP contribution in [0, 0.1) is 5.92 Å². The van der Waals surface area contributed by atoms with Gasteiger partial charge in [0.15, 0.2) is 0 Å². The summed E-state index contributed by atoms with van der Waals surface area (Å²) in [6.07, 6.45) is 3.63. The first-order valence-electron chi connectivity index (χ1n) is 4.43. The van der Waals surface area contributed by atoms with Crippen LogP contribution in [0.5, 0.6) is 0 Å². The van der Waals surface area contributed by atoms with E-state index < -0.39 is 5.97 Å². The van der Waals surface area contributed by atoms with E-state index in [9.17, 15) is 4.79 Å². The third-order valence-electron chi connectivity index (χ3n) is 2.26. The van der Waals surface area contributed by atoms with Gasteiger partial charge >= 0.3 is 5.97 Å². The Kier molecular flexibility index (Phi) is 3.76. The lowest BCUT2D eigenvalue weighted by atomic mass is 10.0. The summed E-state index contributed by atoms with van der Waals surface area (Å²) in [4.78, 5) is 10.2. The summed E-state index contributed by atoms with van der Waals surface area (Å²) in [5.41, 5.74) is 0. The zero-order valence-electron chi connectivity index (χ0n) is 7.69. The van der Waals surface area contributed by atoms with E-state index in [0.717, 1.165) is 25.7 Å². The third kappa shape index (κ3) is 3.46. The fourth-order valence-electron chi connectivity index (χ4n) is 1.35. The van der Waals surface area contributed by atoms with Crippen LogP contribution in [0.3, 0.4) is 0 Å². The van der Waals surface area contributed by atoms with Gasteiger partial charge in [0.2, 0.25) is 0 Å². The molecule has 2 N–H and O–H groups in total. The van der Waals surface area contributed by atoms with Crippen LogP contribution in [-0.4, -0.2) is 30.3 Å². The molecule has 1 aliphatic heterocycles. The van der Waals surface area contributed by atoms with Crippen molar-refractivity contribution in [2.45, 2.75) is 19.4 Å². The maximum absolute atomic E-state index is 10.2. The summed E-state index contributed by atoms with van der Waals surface area (Å²) in [7, 11) is 0. The van der Waals surface area contributed by atoms with Gasteiger partial charge < -0.3 is 15.2 Å². The fraction of sp³-hybridized carbons (Fsp3) is 0.667. The van der Waals surface area contributed by atoms with Gasteiger partial charge in [-0.05, 0) is 13.3 Å². The summed E-state index contributed by atoms with van der Waals surface area (Å²) >= 11 is 0. The predicted octanol–water partition coefficient (Wildman–Crippen LogP) is 0.599. The Hall–Kier alpha value is -1.03. The molecular formula is C9H15NO3. The van der Waals surface area contributed by atoms with Crippen molar-refractivity contribution in [3.63, 3.8) is 0 Å². The average Bonchev–Trinajstić information content (AvgIpc) is 2.55. The molecule has 2 unspecified atom stereocenters. The van der Waals surface area contributed by atoms with Gasteiger partial charge in [0, 0.05) is 30.8 Å². The molecular weight excluding hydrogens is 170 g/mol. The maximum Gasteiger partial charge on any atom is 0.329 e. The highest BCUT2D eigenvalue weighted by Crippen LogP contribution is 2.15. The molecule has 0 aliphatic carbocycles. The van der Waals surface area contributed by atoms with E-state index in [0.29, 0.717) is 5.92 Å². The molecule has 0 aromatic carbocycles. The smallest absolute Gasteiger partial charge is 0.329 e. The molecule has 0 bridgehead atoms. The Morgan fingerprint density at radius 1 is 1.77 bits per heavy atom. The van der Waals surface area contributed by atoms with E-state index in [1.165, 1.54) is 6.20 Å². The molecule has 4 heteroatoms.